The number of rotatable bonds is 7. The molecule has 242 valence electrons. The van der Waals surface area contributed by atoms with Crippen LogP contribution in [0.15, 0.2) is 47.3 Å². The molecule has 0 aliphatic carbocycles. The van der Waals surface area contributed by atoms with E-state index in [4.69, 9.17) is 32.0 Å². The van der Waals surface area contributed by atoms with Crippen molar-refractivity contribution < 1.29 is 21.9 Å². The highest BCUT2D eigenvalue weighted by Crippen LogP contribution is 2.35. The third-order valence-corrected chi connectivity index (χ3v) is 8.56. The summed E-state index contributed by atoms with van der Waals surface area (Å²) in [5.41, 5.74) is 6.91. The maximum Gasteiger partial charge on any atom is 0.267 e. The number of nitrogens with one attached hydrogen (secondary N) is 1. The van der Waals surface area contributed by atoms with Gasteiger partial charge >= 0.3 is 0 Å². The maximum absolute atomic E-state index is 14.4. The topological polar surface area (TPSA) is 150 Å². The van der Waals surface area contributed by atoms with Gasteiger partial charge in [-0.15, -0.1) is 0 Å². The molecule has 3 aromatic heterocycles. The van der Waals surface area contributed by atoms with Crippen molar-refractivity contribution in [2.45, 2.75) is 38.5 Å². The van der Waals surface area contributed by atoms with Gasteiger partial charge in [0.15, 0.2) is 11.5 Å². The van der Waals surface area contributed by atoms with Gasteiger partial charge in [-0.3, -0.25) is 18.8 Å². The molecule has 0 amide bonds. The number of nitrogens with two attached hydrogens (primary N) is 1. The summed E-state index contributed by atoms with van der Waals surface area (Å²) >= 11 is 6.54. The number of benzene rings is 2. The molecule has 5 aromatic rings. The Bertz CT molecular complexity index is 2140. The molecular formula is C30H31ClF2N8O4S. The van der Waals surface area contributed by atoms with Gasteiger partial charge < -0.3 is 15.4 Å². The molecule has 12 nitrogen and oxygen atoms in total. The fraction of sp³-hybridized carbons (Fsp3) is 0.333. The van der Waals surface area contributed by atoms with Gasteiger partial charge in [0.05, 0.1) is 45.5 Å². The Hall–Kier alpha value is -4.18. The number of sulfonamides is 1. The summed E-state index contributed by atoms with van der Waals surface area (Å²) in [6.45, 7) is 5.13. The SMILES string of the molecule is C[C@@H]1CN(c2ccc3c(=O)n(-c4ccc(Cl)c5c(NS(C)(=O)=O)nn(C)c45)c(C[C@H](N)c4cc(F)cc(F)c4)nc3n2)C[C@H](C)O1. The minimum Gasteiger partial charge on any atom is -0.372 e. The van der Waals surface area contributed by atoms with Crippen molar-refractivity contribution in [2.24, 2.45) is 12.8 Å². The van der Waals surface area contributed by atoms with Crippen LogP contribution < -0.4 is 20.9 Å². The summed E-state index contributed by atoms with van der Waals surface area (Å²) in [7, 11) is -2.15. The number of pyridine rings is 1. The lowest BCUT2D eigenvalue weighted by Crippen LogP contribution is -2.45. The molecule has 1 aliphatic rings. The zero-order valence-corrected chi connectivity index (χ0v) is 26.9. The second kappa shape index (κ2) is 11.9. The number of fused-ring (bicyclic) bond motifs is 2. The average Bonchev–Trinajstić information content (AvgIpc) is 3.27. The Labute approximate surface area is 267 Å². The fourth-order valence-electron chi connectivity index (χ4n) is 5.92. The molecule has 0 saturated carbocycles. The van der Waals surface area contributed by atoms with Gasteiger partial charge in [0.2, 0.25) is 10.0 Å². The van der Waals surface area contributed by atoms with Crippen molar-refractivity contribution in [3.63, 3.8) is 0 Å². The van der Waals surface area contributed by atoms with Crippen molar-refractivity contribution in [3.05, 3.63) is 80.9 Å². The number of anilines is 2. The third kappa shape index (κ3) is 6.15. The first-order valence-electron chi connectivity index (χ1n) is 14.4. The molecule has 1 saturated heterocycles. The van der Waals surface area contributed by atoms with Crippen molar-refractivity contribution in [3.8, 4) is 5.69 Å². The van der Waals surface area contributed by atoms with Gasteiger partial charge in [0, 0.05) is 38.7 Å². The number of nitrogens with zero attached hydrogens (tertiary/aromatic N) is 6. The van der Waals surface area contributed by atoms with Crippen LogP contribution in [-0.4, -0.2) is 64.3 Å². The van der Waals surface area contributed by atoms with E-state index < -0.39 is 33.3 Å². The minimum absolute atomic E-state index is 0.0255. The standard InChI is InChI=1S/C30H31ClF2N8O4S/c1-15-13-40(14-16(2)45-15)24-8-5-20-28(35-24)36-25(12-22(34)17-9-18(32)11-19(33)10-17)41(30(20)42)23-7-6-21(31)26-27(23)39(3)37-29(26)38-46(4,43)44/h5-11,15-16,22H,12-14,34H2,1-4H3,(H,37,38)/t15-,16+,22-/m0/s1. The van der Waals surface area contributed by atoms with Gasteiger partial charge in [-0.25, -0.2) is 27.2 Å². The van der Waals surface area contributed by atoms with E-state index in [1.54, 1.807) is 25.2 Å². The van der Waals surface area contributed by atoms with Gasteiger partial charge in [-0.1, -0.05) is 11.6 Å². The molecule has 1 aliphatic heterocycles. The first-order chi connectivity index (χ1) is 21.7. The number of hydrogen-bond acceptors (Lipinski definition) is 9. The molecule has 6 rings (SSSR count). The summed E-state index contributed by atoms with van der Waals surface area (Å²) < 4.78 is 63.4. The number of morpholine rings is 1. The van der Waals surface area contributed by atoms with Crippen molar-refractivity contribution in [2.75, 3.05) is 29.0 Å². The molecule has 0 unspecified atom stereocenters. The lowest BCUT2D eigenvalue weighted by atomic mass is 10.0. The Balaban J connectivity index is 1.58. The Morgan fingerprint density at radius 1 is 1.09 bits per heavy atom. The van der Waals surface area contributed by atoms with Gasteiger partial charge in [-0.2, -0.15) is 5.10 Å². The molecule has 46 heavy (non-hydrogen) atoms. The monoisotopic (exact) mass is 672 g/mol. The predicted octanol–water partition coefficient (Wildman–Crippen LogP) is 3.83. The van der Waals surface area contributed by atoms with Crippen LogP contribution in [0, 0.1) is 11.6 Å². The van der Waals surface area contributed by atoms with Gasteiger partial charge in [-0.05, 0) is 55.8 Å². The summed E-state index contributed by atoms with van der Waals surface area (Å²) in [4.78, 5) is 25.9. The molecule has 4 heterocycles. The van der Waals surface area contributed by atoms with E-state index >= 15 is 0 Å². The first kappa shape index (κ1) is 31.8. The fourth-order valence-corrected chi connectivity index (χ4v) is 6.65. The molecule has 0 bridgehead atoms. The molecule has 3 N–H and O–H groups in total. The van der Waals surface area contributed by atoms with Crippen LogP contribution in [0.2, 0.25) is 5.02 Å². The lowest BCUT2D eigenvalue weighted by molar-refractivity contribution is -0.00544. The first-order valence-corrected chi connectivity index (χ1v) is 16.6. The van der Waals surface area contributed by atoms with Crippen molar-refractivity contribution >= 4 is 55.2 Å². The van der Waals surface area contributed by atoms with Gasteiger partial charge in [0.1, 0.15) is 23.3 Å². The number of ether oxygens (including phenoxy) is 1. The smallest absolute Gasteiger partial charge is 0.267 e. The summed E-state index contributed by atoms with van der Waals surface area (Å²) in [6.07, 6.45) is 0.797. The number of hydrogen-bond donors (Lipinski definition) is 2. The quantitative estimate of drug-likeness (QED) is 0.263. The van der Waals surface area contributed by atoms with E-state index in [-0.39, 0.29) is 63.0 Å². The molecule has 2 aromatic carbocycles. The zero-order valence-electron chi connectivity index (χ0n) is 25.3. The van der Waals surface area contributed by atoms with Crippen LogP contribution in [0.3, 0.4) is 0 Å². The highest BCUT2D eigenvalue weighted by atomic mass is 35.5. The highest BCUT2D eigenvalue weighted by molar-refractivity contribution is 7.92. The van der Waals surface area contributed by atoms with Crippen LogP contribution in [0.4, 0.5) is 20.4 Å². The largest absolute Gasteiger partial charge is 0.372 e. The summed E-state index contributed by atoms with van der Waals surface area (Å²) in [6, 6.07) is 8.51. The molecule has 0 radical (unpaired) electrons. The van der Waals surface area contributed by atoms with Gasteiger partial charge in [0.25, 0.3) is 5.56 Å². The van der Waals surface area contributed by atoms with Crippen LogP contribution in [0.5, 0.6) is 0 Å². The predicted molar refractivity (Wildman–Crippen MR) is 172 cm³/mol. The molecule has 0 spiro atoms. The van der Waals surface area contributed by atoms with E-state index in [1.165, 1.54) is 15.3 Å². The van der Waals surface area contributed by atoms with Crippen LogP contribution >= 0.6 is 11.6 Å². The van der Waals surface area contributed by atoms with E-state index in [0.717, 1.165) is 24.5 Å². The minimum atomic E-state index is -3.73. The number of aromatic nitrogens is 5. The van der Waals surface area contributed by atoms with E-state index in [9.17, 15) is 22.0 Å². The van der Waals surface area contributed by atoms with E-state index in [1.807, 2.05) is 13.8 Å². The van der Waals surface area contributed by atoms with Crippen LogP contribution in [0.1, 0.15) is 31.3 Å². The molecule has 3 atom stereocenters. The normalized spacial score (nSPS) is 18.0. The lowest BCUT2D eigenvalue weighted by Gasteiger charge is -2.36. The summed E-state index contributed by atoms with van der Waals surface area (Å²) in [5, 5.41) is 4.96. The Morgan fingerprint density at radius 3 is 2.41 bits per heavy atom. The number of aryl methyl sites for hydroxylation is 1. The third-order valence-electron chi connectivity index (χ3n) is 7.69. The Morgan fingerprint density at radius 2 is 1.76 bits per heavy atom. The van der Waals surface area contributed by atoms with Crippen LogP contribution in [0.25, 0.3) is 27.6 Å². The second-order valence-electron chi connectivity index (χ2n) is 11.5. The van der Waals surface area contributed by atoms with E-state index in [2.05, 4.69) is 14.7 Å². The van der Waals surface area contributed by atoms with Crippen molar-refractivity contribution in [1.29, 1.82) is 0 Å². The number of halogens is 3. The van der Waals surface area contributed by atoms with E-state index in [0.29, 0.717) is 24.4 Å². The second-order valence-corrected chi connectivity index (χ2v) is 13.7. The average molecular weight is 673 g/mol. The Kier molecular flexibility index (Phi) is 8.21. The molecular weight excluding hydrogens is 642 g/mol. The zero-order chi connectivity index (χ0) is 33.1. The van der Waals surface area contributed by atoms with Crippen LogP contribution in [-0.2, 0) is 28.2 Å². The molecule has 1 fully saturated rings. The van der Waals surface area contributed by atoms with Crippen molar-refractivity contribution in [1.82, 2.24) is 24.3 Å². The summed E-state index contributed by atoms with van der Waals surface area (Å²) in [5.74, 6) is -0.865. The maximum atomic E-state index is 14.4. The highest BCUT2D eigenvalue weighted by Gasteiger charge is 2.26. The molecule has 16 heteroatoms.